The normalized spacial score (nSPS) is 13.2. The molecule has 2 atom stereocenters. The predicted molar refractivity (Wildman–Crippen MR) is 123 cm³/mol. The number of aromatic nitrogens is 4. The van der Waals surface area contributed by atoms with Crippen molar-refractivity contribution in [2.24, 2.45) is 0 Å². The molecule has 5 N–H and O–H groups in total. The SMILES string of the molecule is CCNP(COCCn1cnc2c(=O)[nH]c(N)nc21)N[C@@H](C)C(=O)OCc1ccccc1. The average Bonchev–Trinajstić information content (AvgIpc) is 3.18. The van der Waals surface area contributed by atoms with Gasteiger partial charge in [-0.15, -0.1) is 0 Å². The minimum atomic E-state index is -0.950. The number of H-pyrrole nitrogens is 1. The summed E-state index contributed by atoms with van der Waals surface area (Å²) in [6.07, 6.45) is 1.92. The van der Waals surface area contributed by atoms with Crippen LogP contribution in [-0.4, -0.2) is 51.0 Å². The van der Waals surface area contributed by atoms with E-state index in [-0.39, 0.29) is 29.6 Å². The fraction of sp³-hybridized carbons (Fsp3) is 0.400. The maximum absolute atomic E-state index is 12.3. The summed E-state index contributed by atoms with van der Waals surface area (Å²) in [5.74, 6) is -0.281. The quantitative estimate of drug-likeness (QED) is 0.178. The second-order valence-corrected chi connectivity index (χ2v) is 8.67. The molecule has 11 nitrogen and oxygen atoms in total. The van der Waals surface area contributed by atoms with Crippen molar-refractivity contribution in [3.8, 4) is 0 Å². The number of nitrogens with two attached hydrogens (primary N) is 1. The molecule has 0 fully saturated rings. The highest BCUT2D eigenvalue weighted by Gasteiger charge is 2.19. The van der Waals surface area contributed by atoms with Gasteiger partial charge in [0.1, 0.15) is 12.6 Å². The van der Waals surface area contributed by atoms with Crippen molar-refractivity contribution in [2.45, 2.75) is 33.0 Å². The molecule has 0 aliphatic rings. The first-order valence-electron chi connectivity index (χ1n) is 10.2. The van der Waals surface area contributed by atoms with Crippen LogP contribution in [-0.2, 0) is 27.4 Å². The summed E-state index contributed by atoms with van der Waals surface area (Å²) in [4.78, 5) is 34.8. The highest BCUT2D eigenvalue weighted by molar-refractivity contribution is 7.53. The highest BCUT2D eigenvalue weighted by Crippen LogP contribution is 2.25. The van der Waals surface area contributed by atoms with Gasteiger partial charge in [-0.3, -0.25) is 24.7 Å². The standard InChI is InChI=1S/C20H28N7O4P/c1-3-23-32(26-14(2)19(29)31-11-15-7-5-4-6-8-15)13-30-10-9-27-12-22-16-17(27)24-20(21)25-18(16)28/h4-8,12,14,23,26H,3,9-11,13H2,1-2H3,(H3,21,24,25,28)/t14-,32?/m0/s1. The van der Waals surface area contributed by atoms with Crippen LogP contribution in [0.2, 0.25) is 0 Å². The summed E-state index contributed by atoms with van der Waals surface area (Å²) in [6.45, 7) is 5.55. The number of esters is 1. The number of nitrogens with zero attached hydrogens (tertiary/aromatic N) is 3. The van der Waals surface area contributed by atoms with Crippen molar-refractivity contribution in [3.63, 3.8) is 0 Å². The number of nitrogen functional groups attached to an aromatic ring is 1. The molecule has 1 unspecified atom stereocenters. The number of rotatable bonds is 12. The molecule has 2 aromatic heterocycles. The van der Waals surface area contributed by atoms with Crippen LogP contribution in [0.3, 0.4) is 0 Å². The van der Waals surface area contributed by atoms with Gasteiger partial charge in [0.25, 0.3) is 5.56 Å². The van der Waals surface area contributed by atoms with Crippen LogP contribution in [0.1, 0.15) is 19.4 Å². The molecule has 0 saturated heterocycles. The number of nitrogens with one attached hydrogen (secondary N) is 3. The molecular weight excluding hydrogens is 433 g/mol. The van der Waals surface area contributed by atoms with E-state index in [0.29, 0.717) is 25.1 Å². The minimum absolute atomic E-state index is 0.0400. The molecule has 3 rings (SSSR count). The summed E-state index contributed by atoms with van der Waals surface area (Å²) < 4.78 is 12.9. The molecular formula is C20H28N7O4P. The van der Waals surface area contributed by atoms with Gasteiger partial charge in [0.05, 0.1) is 27.5 Å². The van der Waals surface area contributed by atoms with E-state index in [2.05, 4.69) is 25.1 Å². The highest BCUT2D eigenvalue weighted by atomic mass is 31.1. The molecule has 1 aromatic carbocycles. The lowest BCUT2D eigenvalue weighted by molar-refractivity contribution is -0.146. The number of carbonyl (C=O) groups is 1. The first-order chi connectivity index (χ1) is 15.5. The number of hydrogen-bond donors (Lipinski definition) is 4. The summed E-state index contributed by atoms with van der Waals surface area (Å²) in [6, 6.07) is 9.07. The van der Waals surface area contributed by atoms with Crippen molar-refractivity contribution in [1.29, 1.82) is 0 Å². The smallest absolute Gasteiger partial charge is 0.323 e. The van der Waals surface area contributed by atoms with Gasteiger partial charge >= 0.3 is 5.97 Å². The zero-order valence-corrected chi connectivity index (χ0v) is 19.0. The largest absolute Gasteiger partial charge is 0.460 e. The molecule has 172 valence electrons. The third kappa shape index (κ3) is 6.57. The van der Waals surface area contributed by atoms with E-state index >= 15 is 0 Å². The zero-order valence-electron chi connectivity index (χ0n) is 18.1. The van der Waals surface area contributed by atoms with Crippen molar-refractivity contribution in [1.82, 2.24) is 29.7 Å². The first kappa shape index (κ1) is 23.8. The molecule has 3 aromatic rings. The monoisotopic (exact) mass is 461 g/mol. The van der Waals surface area contributed by atoms with E-state index in [0.717, 1.165) is 12.1 Å². The third-order valence-corrected chi connectivity index (χ3v) is 6.30. The Labute approximate surface area is 186 Å². The van der Waals surface area contributed by atoms with Gasteiger partial charge in [-0.1, -0.05) is 37.3 Å². The van der Waals surface area contributed by atoms with Gasteiger partial charge < -0.3 is 19.8 Å². The number of hydrogen-bond acceptors (Lipinski definition) is 9. The number of carbonyl (C=O) groups excluding carboxylic acids is 1. The molecule has 12 heteroatoms. The Hall–Kier alpha value is -2.85. The maximum atomic E-state index is 12.3. The maximum Gasteiger partial charge on any atom is 0.323 e. The number of benzene rings is 1. The number of fused-ring (bicyclic) bond motifs is 1. The predicted octanol–water partition coefficient (Wildman–Crippen LogP) is 1.32. The van der Waals surface area contributed by atoms with Crippen molar-refractivity contribution >= 4 is 31.3 Å². The topological polar surface area (TPSA) is 149 Å². The number of anilines is 1. The third-order valence-electron chi connectivity index (χ3n) is 4.47. The Morgan fingerprint density at radius 1 is 1.34 bits per heavy atom. The molecule has 0 aliphatic carbocycles. The molecule has 0 bridgehead atoms. The van der Waals surface area contributed by atoms with E-state index in [1.165, 1.54) is 6.33 Å². The van der Waals surface area contributed by atoms with Crippen molar-refractivity contribution < 1.29 is 14.3 Å². The molecule has 0 radical (unpaired) electrons. The summed E-state index contributed by atoms with van der Waals surface area (Å²) in [5.41, 5.74) is 6.83. The fourth-order valence-corrected chi connectivity index (χ4v) is 4.44. The lowest BCUT2D eigenvalue weighted by Gasteiger charge is -2.23. The fourth-order valence-electron chi connectivity index (χ4n) is 2.91. The van der Waals surface area contributed by atoms with Gasteiger partial charge in [-0.25, -0.2) is 4.98 Å². The lowest BCUT2D eigenvalue weighted by Crippen LogP contribution is -2.36. The van der Waals surface area contributed by atoms with Gasteiger partial charge in [0, 0.05) is 6.54 Å². The molecule has 0 spiro atoms. The van der Waals surface area contributed by atoms with Gasteiger partial charge in [-0.2, -0.15) is 4.98 Å². The number of aromatic amines is 1. The van der Waals surface area contributed by atoms with E-state index in [1.807, 2.05) is 37.3 Å². The molecule has 0 amide bonds. The van der Waals surface area contributed by atoms with Crippen LogP contribution in [0.4, 0.5) is 5.95 Å². The average molecular weight is 461 g/mol. The molecule has 32 heavy (non-hydrogen) atoms. The van der Waals surface area contributed by atoms with E-state index in [9.17, 15) is 9.59 Å². The first-order valence-corrected chi connectivity index (χ1v) is 11.8. The second kappa shape index (κ2) is 11.7. The lowest BCUT2D eigenvalue weighted by atomic mass is 10.2. The van der Waals surface area contributed by atoms with Crippen LogP contribution in [0.5, 0.6) is 0 Å². The number of ether oxygens (including phenoxy) is 2. The van der Waals surface area contributed by atoms with Gasteiger partial charge in [0.2, 0.25) is 5.95 Å². The van der Waals surface area contributed by atoms with Crippen LogP contribution < -0.4 is 21.5 Å². The molecule has 0 saturated carbocycles. The Kier molecular flexibility index (Phi) is 8.69. The second-order valence-electron chi connectivity index (χ2n) is 6.98. The zero-order chi connectivity index (χ0) is 22.9. The van der Waals surface area contributed by atoms with E-state index in [4.69, 9.17) is 15.2 Å². The van der Waals surface area contributed by atoms with Crippen molar-refractivity contribution in [3.05, 3.63) is 52.6 Å². The summed E-state index contributed by atoms with van der Waals surface area (Å²) in [5, 5.41) is 6.56. The van der Waals surface area contributed by atoms with Gasteiger partial charge in [0.15, 0.2) is 11.2 Å². The Balaban J connectivity index is 1.46. The summed E-state index contributed by atoms with van der Waals surface area (Å²) in [7, 11) is -0.950. The Morgan fingerprint density at radius 3 is 2.88 bits per heavy atom. The molecule has 0 aliphatic heterocycles. The summed E-state index contributed by atoms with van der Waals surface area (Å²) >= 11 is 0. The minimum Gasteiger partial charge on any atom is -0.460 e. The Bertz CT molecular complexity index is 1070. The van der Waals surface area contributed by atoms with Gasteiger partial charge in [-0.05, 0) is 19.0 Å². The van der Waals surface area contributed by atoms with E-state index in [1.54, 1.807) is 11.5 Å². The number of imidazole rings is 1. The van der Waals surface area contributed by atoms with Crippen LogP contribution in [0.15, 0.2) is 41.5 Å². The molecule has 2 heterocycles. The van der Waals surface area contributed by atoms with Crippen LogP contribution in [0, 0.1) is 0 Å². The van der Waals surface area contributed by atoms with Crippen molar-refractivity contribution in [2.75, 3.05) is 25.2 Å². The van der Waals surface area contributed by atoms with E-state index < -0.39 is 14.3 Å². The Morgan fingerprint density at radius 2 is 2.12 bits per heavy atom. The van der Waals surface area contributed by atoms with Crippen LogP contribution >= 0.6 is 8.22 Å². The van der Waals surface area contributed by atoms with Crippen LogP contribution in [0.25, 0.3) is 11.2 Å².